The van der Waals surface area contributed by atoms with Crippen molar-refractivity contribution in [1.82, 2.24) is 10.2 Å². The van der Waals surface area contributed by atoms with Crippen molar-refractivity contribution >= 4 is 5.82 Å². The van der Waals surface area contributed by atoms with Gasteiger partial charge < -0.3 is 10.6 Å². The first-order chi connectivity index (χ1) is 7.94. The highest BCUT2D eigenvalue weighted by Gasteiger charge is 2.31. The van der Waals surface area contributed by atoms with Gasteiger partial charge in [-0.2, -0.15) is 5.10 Å². The molecule has 0 aliphatic carbocycles. The van der Waals surface area contributed by atoms with Crippen molar-refractivity contribution in [2.24, 2.45) is 11.1 Å². The summed E-state index contributed by atoms with van der Waals surface area (Å²) in [6, 6.07) is 0. The lowest BCUT2D eigenvalue weighted by atomic mass is 9.93. The molecule has 0 aromatic carbocycles. The van der Waals surface area contributed by atoms with Crippen LogP contribution in [-0.2, 0) is 6.54 Å². The van der Waals surface area contributed by atoms with Gasteiger partial charge in [-0.05, 0) is 31.2 Å². The zero-order valence-electron chi connectivity index (χ0n) is 11.2. The van der Waals surface area contributed by atoms with Gasteiger partial charge in [0.15, 0.2) is 5.82 Å². The van der Waals surface area contributed by atoms with Gasteiger partial charge in [-0.15, -0.1) is 5.10 Å². The molecule has 1 aromatic rings. The first-order valence-electron chi connectivity index (χ1n) is 6.22. The fourth-order valence-corrected chi connectivity index (χ4v) is 2.44. The van der Waals surface area contributed by atoms with Crippen LogP contribution < -0.4 is 10.6 Å². The third-order valence-electron chi connectivity index (χ3n) is 3.74. The lowest BCUT2D eigenvalue weighted by Crippen LogP contribution is -2.26. The first kappa shape index (κ1) is 12.3. The van der Waals surface area contributed by atoms with E-state index in [-0.39, 0.29) is 0 Å². The number of hydrogen-bond acceptors (Lipinski definition) is 4. The summed E-state index contributed by atoms with van der Waals surface area (Å²) in [6.45, 7) is 11.3. The van der Waals surface area contributed by atoms with Crippen LogP contribution in [0.5, 0.6) is 0 Å². The van der Waals surface area contributed by atoms with Crippen molar-refractivity contribution in [2.75, 3.05) is 18.0 Å². The molecule has 2 N–H and O–H groups in total. The largest absolute Gasteiger partial charge is 0.354 e. The second kappa shape index (κ2) is 4.26. The molecule has 94 valence electrons. The third kappa shape index (κ3) is 2.27. The molecule has 4 heteroatoms. The Bertz CT molecular complexity index is 426. The summed E-state index contributed by atoms with van der Waals surface area (Å²) < 4.78 is 0. The molecule has 2 rings (SSSR count). The van der Waals surface area contributed by atoms with Crippen LogP contribution in [-0.4, -0.2) is 23.3 Å². The van der Waals surface area contributed by atoms with Crippen LogP contribution in [0.3, 0.4) is 0 Å². The molecule has 1 aromatic heterocycles. The fraction of sp³-hybridized carbons (Fsp3) is 0.692. The molecule has 0 saturated carbocycles. The predicted octanol–water partition coefficient (Wildman–Crippen LogP) is 1.79. The molecule has 2 heterocycles. The first-order valence-corrected chi connectivity index (χ1v) is 6.22. The molecule has 4 nitrogen and oxygen atoms in total. The maximum atomic E-state index is 5.86. The molecule has 0 radical (unpaired) electrons. The summed E-state index contributed by atoms with van der Waals surface area (Å²) in [7, 11) is 0. The molecular weight excluding hydrogens is 212 g/mol. The van der Waals surface area contributed by atoms with Crippen LogP contribution in [0, 0.1) is 19.3 Å². The SMILES string of the molecule is Cc1nnc(N2CCC(C)(C)C2)c(CN)c1C. The standard InChI is InChI=1S/C13H22N4/c1-9-10(2)15-16-12(11(9)7-14)17-6-5-13(3,4)8-17/h5-8,14H2,1-4H3. The topological polar surface area (TPSA) is 55.0 Å². The van der Waals surface area contributed by atoms with E-state index in [0.29, 0.717) is 12.0 Å². The van der Waals surface area contributed by atoms with Gasteiger partial charge in [0.2, 0.25) is 0 Å². The fourth-order valence-electron chi connectivity index (χ4n) is 2.44. The molecule has 0 atom stereocenters. The minimum Gasteiger partial charge on any atom is -0.354 e. The summed E-state index contributed by atoms with van der Waals surface area (Å²) in [6.07, 6.45) is 1.20. The van der Waals surface area contributed by atoms with Gasteiger partial charge in [0.1, 0.15) is 0 Å². The number of aryl methyl sites for hydroxylation is 1. The van der Waals surface area contributed by atoms with Gasteiger partial charge in [0.05, 0.1) is 5.69 Å². The van der Waals surface area contributed by atoms with Crippen molar-refractivity contribution < 1.29 is 0 Å². The van der Waals surface area contributed by atoms with Crippen molar-refractivity contribution in [3.8, 4) is 0 Å². The lowest BCUT2D eigenvalue weighted by molar-refractivity contribution is 0.418. The highest BCUT2D eigenvalue weighted by Crippen LogP contribution is 2.33. The van der Waals surface area contributed by atoms with E-state index in [4.69, 9.17) is 5.73 Å². The molecule has 1 fully saturated rings. The van der Waals surface area contributed by atoms with Gasteiger partial charge in [0.25, 0.3) is 0 Å². The summed E-state index contributed by atoms with van der Waals surface area (Å²) in [5.41, 5.74) is 9.54. The highest BCUT2D eigenvalue weighted by molar-refractivity contribution is 5.51. The van der Waals surface area contributed by atoms with Crippen molar-refractivity contribution in [3.63, 3.8) is 0 Å². The highest BCUT2D eigenvalue weighted by atomic mass is 15.3. The zero-order valence-corrected chi connectivity index (χ0v) is 11.2. The number of anilines is 1. The monoisotopic (exact) mass is 234 g/mol. The van der Waals surface area contributed by atoms with E-state index in [9.17, 15) is 0 Å². The van der Waals surface area contributed by atoms with Crippen LogP contribution in [0.1, 0.15) is 37.1 Å². The Morgan fingerprint density at radius 1 is 1.29 bits per heavy atom. The van der Waals surface area contributed by atoms with Crippen LogP contribution in [0.25, 0.3) is 0 Å². The van der Waals surface area contributed by atoms with E-state index in [0.717, 1.165) is 30.2 Å². The Morgan fingerprint density at radius 2 is 2.00 bits per heavy atom. The number of aromatic nitrogens is 2. The molecule has 1 aliphatic rings. The van der Waals surface area contributed by atoms with Gasteiger partial charge in [-0.1, -0.05) is 13.8 Å². The van der Waals surface area contributed by atoms with E-state index in [1.54, 1.807) is 0 Å². The van der Waals surface area contributed by atoms with E-state index in [1.165, 1.54) is 12.0 Å². The molecule has 0 unspecified atom stereocenters. The summed E-state index contributed by atoms with van der Waals surface area (Å²) >= 11 is 0. The summed E-state index contributed by atoms with van der Waals surface area (Å²) in [5.74, 6) is 0.987. The molecule has 0 amide bonds. The number of rotatable bonds is 2. The number of nitrogens with zero attached hydrogens (tertiary/aromatic N) is 3. The second-order valence-corrected chi connectivity index (χ2v) is 5.75. The van der Waals surface area contributed by atoms with Crippen molar-refractivity contribution in [1.29, 1.82) is 0 Å². The zero-order chi connectivity index (χ0) is 12.6. The molecule has 1 aliphatic heterocycles. The average Bonchev–Trinajstić information content (AvgIpc) is 2.62. The molecule has 17 heavy (non-hydrogen) atoms. The normalized spacial score (nSPS) is 18.8. The Kier molecular flexibility index (Phi) is 3.08. The van der Waals surface area contributed by atoms with Crippen LogP contribution >= 0.6 is 0 Å². The van der Waals surface area contributed by atoms with Crippen molar-refractivity contribution in [2.45, 2.75) is 40.7 Å². The van der Waals surface area contributed by atoms with Crippen LogP contribution in [0.4, 0.5) is 5.82 Å². The van der Waals surface area contributed by atoms with Gasteiger partial charge in [0, 0.05) is 25.2 Å². The smallest absolute Gasteiger partial charge is 0.156 e. The van der Waals surface area contributed by atoms with Gasteiger partial charge >= 0.3 is 0 Å². The average molecular weight is 234 g/mol. The minimum atomic E-state index is 0.367. The molecule has 0 spiro atoms. The molecule has 1 saturated heterocycles. The van der Waals surface area contributed by atoms with Gasteiger partial charge in [-0.25, -0.2) is 0 Å². The maximum absolute atomic E-state index is 5.86. The number of nitrogens with two attached hydrogens (primary N) is 1. The minimum absolute atomic E-state index is 0.367. The van der Waals surface area contributed by atoms with E-state index in [2.05, 4.69) is 35.9 Å². The van der Waals surface area contributed by atoms with Gasteiger partial charge in [-0.3, -0.25) is 0 Å². The molecular formula is C13H22N4. The van der Waals surface area contributed by atoms with E-state index < -0.39 is 0 Å². The lowest BCUT2D eigenvalue weighted by Gasteiger charge is -2.23. The quantitative estimate of drug-likeness (QED) is 0.847. The predicted molar refractivity (Wildman–Crippen MR) is 70.0 cm³/mol. The Balaban J connectivity index is 2.37. The number of hydrogen-bond donors (Lipinski definition) is 1. The maximum Gasteiger partial charge on any atom is 0.156 e. The third-order valence-corrected chi connectivity index (χ3v) is 3.74. The Labute approximate surface area is 103 Å². The Morgan fingerprint density at radius 3 is 2.53 bits per heavy atom. The second-order valence-electron chi connectivity index (χ2n) is 5.75. The van der Waals surface area contributed by atoms with Crippen molar-refractivity contribution in [3.05, 3.63) is 16.8 Å². The van der Waals surface area contributed by atoms with Crippen LogP contribution in [0.15, 0.2) is 0 Å². The summed E-state index contributed by atoms with van der Waals surface area (Å²) in [4.78, 5) is 2.32. The van der Waals surface area contributed by atoms with E-state index in [1.807, 2.05) is 6.92 Å². The Hall–Kier alpha value is -1.16. The van der Waals surface area contributed by atoms with Crippen LogP contribution in [0.2, 0.25) is 0 Å². The summed E-state index contributed by atoms with van der Waals surface area (Å²) in [5, 5.41) is 8.59. The van der Waals surface area contributed by atoms with E-state index >= 15 is 0 Å². The molecule has 0 bridgehead atoms.